The van der Waals surface area contributed by atoms with E-state index in [4.69, 9.17) is 14.2 Å². The van der Waals surface area contributed by atoms with Crippen molar-refractivity contribution in [3.8, 4) is 5.75 Å². The molecule has 5 rings (SSSR count). The number of amides is 2. The molecule has 0 bridgehead atoms. The van der Waals surface area contributed by atoms with Crippen LogP contribution in [-0.4, -0.2) is 84.1 Å². The van der Waals surface area contributed by atoms with Crippen molar-refractivity contribution in [2.75, 3.05) is 26.3 Å². The molecule has 4 aliphatic rings. The Morgan fingerprint density at radius 3 is 2.72 bits per heavy atom. The number of fused-ring (bicyclic) bond motifs is 3. The van der Waals surface area contributed by atoms with Gasteiger partial charge in [-0.05, 0) is 61.8 Å². The lowest BCUT2D eigenvalue weighted by molar-refractivity contribution is -0.407. The number of quaternary nitrogens is 1. The summed E-state index contributed by atoms with van der Waals surface area (Å²) in [5, 5.41) is 3.33. The quantitative estimate of drug-likeness (QED) is 0.251. The molecule has 3 aliphatic heterocycles. The number of allylic oxidation sites excluding steroid dienone is 2. The summed E-state index contributed by atoms with van der Waals surface area (Å²) in [5.41, 5.74) is 5.28. The Kier molecular flexibility index (Phi) is 11.0. The summed E-state index contributed by atoms with van der Waals surface area (Å²) < 4.78 is 17.3. The highest BCUT2D eigenvalue weighted by Gasteiger charge is 2.61. The van der Waals surface area contributed by atoms with Crippen LogP contribution in [0.15, 0.2) is 30.4 Å². The first-order valence-electron chi connectivity index (χ1n) is 17.0. The molecule has 2 fully saturated rings. The predicted molar refractivity (Wildman–Crippen MR) is 170 cm³/mol. The maximum atomic E-state index is 13.9. The SMILES string of the molecule is CCOC(=O)[C@]12CC(=O)[C@@H]3C[C@@H](OC(=O)N4Cc5ccc(OCCNC(C)C)cc5C4)CN3C(=O)[C@@H]([NH3+])CCCCC/C=C\[C@@H]1C2. The molecule has 0 aromatic heterocycles. The number of benzene rings is 1. The first kappa shape index (κ1) is 33.9. The molecule has 0 unspecified atom stereocenters. The van der Waals surface area contributed by atoms with E-state index in [-0.39, 0.29) is 49.6 Å². The molecule has 252 valence electrons. The Morgan fingerprint density at radius 1 is 1.13 bits per heavy atom. The van der Waals surface area contributed by atoms with Crippen molar-refractivity contribution in [3.63, 3.8) is 0 Å². The van der Waals surface area contributed by atoms with Crippen LogP contribution in [0.2, 0.25) is 0 Å². The van der Waals surface area contributed by atoms with E-state index >= 15 is 0 Å². The Morgan fingerprint density at radius 2 is 1.93 bits per heavy atom. The van der Waals surface area contributed by atoms with Crippen LogP contribution >= 0.6 is 0 Å². The highest BCUT2D eigenvalue weighted by Crippen LogP contribution is 2.57. The fourth-order valence-corrected chi connectivity index (χ4v) is 7.00. The summed E-state index contributed by atoms with van der Waals surface area (Å²) in [6.07, 6.45) is 8.16. The molecule has 2 amide bonds. The number of esters is 1. The lowest BCUT2D eigenvalue weighted by Gasteiger charge is -2.26. The Bertz CT molecular complexity index is 1320. The van der Waals surface area contributed by atoms with Gasteiger partial charge < -0.3 is 30.2 Å². The molecule has 5 atom stereocenters. The van der Waals surface area contributed by atoms with E-state index < -0.39 is 29.7 Å². The van der Waals surface area contributed by atoms with E-state index in [0.717, 1.165) is 49.1 Å². The van der Waals surface area contributed by atoms with Crippen molar-refractivity contribution in [3.05, 3.63) is 41.5 Å². The number of hydrogen-bond donors (Lipinski definition) is 2. The molecule has 46 heavy (non-hydrogen) atoms. The third-order valence-electron chi connectivity index (χ3n) is 9.71. The van der Waals surface area contributed by atoms with Gasteiger partial charge >= 0.3 is 12.1 Å². The number of nitrogens with zero attached hydrogens (tertiary/aromatic N) is 2. The second kappa shape index (κ2) is 15.0. The van der Waals surface area contributed by atoms with Crippen molar-refractivity contribution in [1.82, 2.24) is 15.1 Å². The van der Waals surface area contributed by atoms with Gasteiger partial charge in [0.15, 0.2) is 11.8 Å². The van der Waals surface area contributed by atoms with Crippen molar-refractivity contribution in [2.45, 2.75) is 109 Å². The number of ketones is 1. The summed E-state index contributed by atoms with van der Waals surface area (Å²) in [5.74, 6) is -0.0475. The molecule has 0 spiro atoms. The van der Waals surface area contributed by atoms with Crippen LogP contribution in [0.1, 0.15) is 83.3 Å². The summed E-state index contributed by atoms with van der Waals surface area (Å²) >= 11 is 0. The first-order chi connectivity index (χ1) is 22.1. The molecule has 0 radical (unpaired) electrons. The van der Waals surface area contributed by atoms with E-state index in [0.29, 0.717) is 38.6 Å². The fourth-order valence-electron chi connectivity index (χ4n) is 7.00. The zero-order valence-corrected chi connectivity index (χ0v) is 27.6. The zero-order chi connectivity index (χ0) is 32.8. The van der Waals surface area contributed by atoms with Crippen LogP contribution in [0, 0.1) is 11.3 Å². The minimum atomic E-state index is -0.897. The average molecular weight is 640 g/mol. The maximum Gasteiger partial charge on any atom is 0.410 e. The summed E-state index contributed by atoms with van der Waals surface area (Å²) in [6, 6.07) is 4.98. The topological polar surface area (TPSA) is 142 Å². The van der Waals surface area contributed by atoms with Gasteiger partial charge in [-0.1, -0.05) is 38.5 Å². The largest absolute Gasteiger partial charge is 0.492 e. The normalized spacial score (nSPS) is 28.9. The molecule has 1 saturated heterocycles. The van der Waals surface area contributed by atoms with Gasteiger partial charge in [-0.15, -0.1) is 0 Å². The Balaban J connectivity index is 1.25. The maximum absolute atomic E-state index is 13.9. The Hall–Kier alpha value is -3.44. The average Bonchev–Trinajstić information content (AvgIpc) is 3.33. The number of rotatable bonds is 8. The Labute approximate surface area is 272 Å². The highest BCUT2D eigenvalue weighted by molar-refractivity contribution is 5.95. The van der Waals surface area contributed by atoms with Gasteiger partial charge in [0.2, 0.25) is 0 Å². The van der Waals surface area contributed by atoms with Crippen molar-refractivity contribution in [1.29, 1.82) is 0 Å². The molecular weight excluding hydrogens is 588 g/mol. The van der Waals surface area contributed by atoms with Gasteiger partial charge in [-0.2, -0.15) is 0 Å². The van der Waals surface area contributed by atoms with Gasteiger partial charge in [0.25, 0.3) is 5.91 Å². The highest BCUT2D eigenvalue weighted by atomic mass is 16.6. The number of ether oxygens (including phenoxy) is 3. The van der Waals surface area contributed by atoms with E-state index in [2.05, 4.69) is 37.0 Å². The van der Waals surface area contributed by atoms with Crippen LogP contribution in [0.25, 0.3) is 0 Å². The van der Waals surface area contributed by atoms with Crippen molar-refractivity contribution in [2.24, 2.45) is 11.3 Å². The smallest absolute Gasteiger partial charge is 0.410 e. The van der Waals surface area contributed by atoms with E-state index in [9.17, 15) is 19.2 Å². The van der Waals surface area contributed by atoms with E-state index in [1.807, 2.05) is 18.2 Å². The monoisotopic (exact) mass is 639 g/mol. The van der Waals surface area contributed by atoms with Crippen LogP contribution in [-0.2, 0) is 36.9 Å². The second-order valence-electron chi connectivity index (χ2n) is 13.6. The van der Waals surface area contributed by atoms with Gasteiger partial charge in [-0.3, -0.25) is 19.3 Å². The van der Waals surface area contributed by atoms with E-state index in [1.54, 1.807) is 16.7 Å². The fraction of sp³-hybridized carbons (Fsp3) is 0.657. The summed E-state index contributed by atoms with van der Waals surface area (Å²) in [4.78, 5) is 57.2. The number of carbonyl (C=O) groups excluding carboxylic acids is 4. The number of Topliss-reactive ketones (excluding diaryl/α,β-unsaturated/α-hetero) is 1. The molecule has 1 aromatic carbocycles. The summed E-state index contributed by atoms with van der Waals surface area (Å²) in [7, 11) is 0. The summed E-state index contributed by atoms with van der Waals surface area (Å²) in [6.45, 7) is 8.41. The van der Waals surface area contributed by atoms with Crippen molar-refractivity contribution < 1.29 is 39.1 Å². The van der Waals surface area contributed by atoms with E-state index in [1.165, 1.54) is 0 Å². The van der Waals surface area contributed by atoms with Gasteiger partial charge in [-0.25, -0.2) is 4.79 Å². The molecule has 3 heterocycles. The molecule has 11 heteroatoms. The van der Waals surface area contributed by atoms with Gasteiger partial charge in [0, 0.05) is 44.9 Å². The molecule has 4 N–H and O–H groups in total. The molecule has 11 nitrogen and oxygen atoms in total. The standard InChI is InChI=1S/C35H50N4O7/c1-4-44-33(42)35-18-26(35)10-8-6-5-7-9-11-29(36)32(41)39-22-28(17-30(39)31(40)19-35)46-34(43)38-20-24-12-13-27(16-25(24)21-38)45-15-14-37-23(2)3/h8,10,12-13,16,23,26,28-30,37H,4-7,9,11,14-15,17-22,36H2,1-3H3/p+1/b10-8-/t26-,28-,29+,30+,35-/m1/s1. The number of nitrogens with one attached hydrogen (secondary N) is 1. The van der Waals surface area contributed by atoms with Gasteiger partial charge in [0.05, 0.1) is 24.6 Å². The molecule has 1 saturated carbocycles. The molecule has 1 aromatic rings. The van der Waals surface area contributed by atoms with Gasteiger partial charge in [0.1, 0.15) is 18.5 Å². The van der Waals surface area contributed by atoms with Crippen LogP contribution in [0.3, 0.4) is 0 Å². The second-order valence-corrected chi connectivity index (χ2v) is 13.6. The number of hydrogen-bond acceptors (Lipinski definition) is 8. The zero-order valence-electron chi connectivity index (χ0n) is 27.6. The minimum absolute atomic E-state index is 0.00284. The molecular formula is C35H51N4O7+. The van der Waals surface area contributed by atoms with Crippen LogP contribution < -0.4 is 15.8 Å². The lowest BCUT2D eigenvalue weighted by Crippen LogP contribution is -2.68. The van der Waals surface area contributed by atoms with Crippen molar-refractivity contribution >= 4 is 23.8 Å². The molecule has 1 aliphatic carbocycles. The third kappa shape index (κ3) is 7.91. The predicted octanol–water partition coefficient (Wildman–Crippen LogP) is 3.14. The number of carbonyl (C=O) groups is 4. The minimum Gasteiger partial charge on any atom is -0.492 e. The lowest BCUT2D eigenvalue weighted by atomic mass is 9.91. The third-order valence-corrected chi connectivity index (χ3v) is 9.71. The van der Waals surface area contributed by atoms with Crippen LogP contribution in [0.4, 0.5) is 4.79 Å². The first-order valence-corrected chi connectivity index (χ1v) is 17.0. The van der Waals surface area contributed by atoms with Crippen LogP contribution in [0.5, 0.6) is 5.75 Å².